The fourth-order valence-electron chi connectivity index (χ4n) is 3.59. The molecular weight excluding hydrogens is 417 g/mol. The van der Waals surface area contributed by atoms with E-state index < -0.39 is 5.51 Å². The summed E-state index contributed by atoms with van der Waals surface area (Å²) in [6.45, 7) is 1.86. The lowest BCUT2D eigenvalue weighted by Crippen LogP contribution is -2.03. The highest BCUT2D eigenvalue weighted by Gasteiger charge is 2.31. The molecule has 0 radical (unpaired) electrons. The van der Waals surface area contributed by atoms with Gasteiger partial charge in [-0.3, -0.25) is 5.10 Å². The molecule has 1 aliphatic rings. The number of thiazole rings is 1. The Morgan fingerprint density at radius 1 is 1.17 bits per heavy atom. The second kappa shape index (κ2) is 8.39. The van der Waals surface area contributed by atoms with E-state index in [1.165, 1.54) is 36.7 Å². The molecule has 0 saturated heterocycles. The van der Waals surface area contributed by atoms with Crippen LogP contribution in [0.5, 0.6) is 0 Å². The maximum absolute atomic E-state index is 13.2. The van der Waals surface area contributed by atoms with E-state index in [-0.39, 0.29) is 16.7 Å². The molecule has 29 heavy (non-hydrogen) atoms. The Hall–Kier alpha value is -2.00. The van der Waals surface area contributed by atoms with Crippen molar-refractivity contribution < 1.29 is 13.2 Å². The number of aromatic nitrogens is 3. The topological polar surface area (TPSA) is 53.6 Å². The Morgan fingerprint density at radius 3 is 2.66 bits per heavy atom. The van der Waals surface area contributed by atoms with Crippen molar-refractivity contribution in [2.45, 2.75) is 55.3 Å². The number of nitrogens with one attached hydrogen (secondary N) is 2. The van der Waals surface area contributed by atoms with E-state index in [2.05, 4.69) is 20.5 Å². The summed E-state index contributed by atoms with van der Waals surface area (Å²) < 4.78 is 39.6. The molecule has 4 nitrogen and oxygen atoms in total. The molecule has 2 aromatic heterocycles. The molecule has 0 spiro atoms. The van der Waals surface area contributed by atoms with Crippen LogP contribution in [-0.2, 0) is 0 Å². The summed E-state index contributed by atoms with van der Waals surface area (Å²) in [4.78, 5) is 5.48. The van der Waals surface area contributed by atoms with Gasteiger partial charge in [0.15, 0.2) is 5.82 Å². The van der Waals surface area contributed by atoms with Gasteiger partial charge in [-0.05, 0) is 43.7 Å². The van der Waals surface area contributed by atoms with Gasteiger partial charge in [-0.25, -0.2) is 4.98 Å². The first kappa shape index (κ1) is 20.3. The number of nitrogens with zero attached hydrogens (tertiary/aromatic N) is 2. The minimum atomic E-state index is -4.37. The van der Waals surface area contributed by atoms with Crippen LogP contribution in [0.4, 0.5) is 24.7 Å². The van der Waals surface area contributed by atoms with E-state index in [1.807, 2.05) is 6.92 Å². The fourth-order valence-corrected chi connectivity index (χ4v) is 5.51. The molecule has 0 unspecified atom stereocenters. The summed E-state index contributed by atoms with van der Waals surface area (Å²) in [5.41, 5.74) is -2.37. The second-order valence-corrected chi connectivity index (χ2v) is 9.39. The average molecular weight is 439 g/mol. The standard InChI is InChI=1S/C20H21F3N4S2/c1-12-9-18(27-26-12)25-14-7-8-15(16(10-14)29-20(21,22)23)17-11-24-19(28-17)13-5-3-2-4-6-13/h7-11,13H,2-6H2,1H3,(H2,25,26,27). The summed E-state index contributed by atoms with van der Waals surface area (Å²) in [6, 6.07) is 6.83. The monoisotopic (exact) mass is 438 g/mol. The zero-order valence-corrected chi connectivity index (χ0v) is 17.5. The van der Waals surface area contributed by atoms with Gasteiger partial charge >= 0.3 is 5.51 Å². The first-order valence-corrected chi connectivity index (χ1v) is 11.2. The predicted molar refractivity (Wildman–Crippen MR) is 112 cm³/mol. The van der Waals surface area contributed by atoms with Crippen LogP contribution >= 0.6 is 23.1 Å². The quantitative estimate of drug-likeness (QED) is 0.412. The number of aryl methyl sites for hydroxylation is 1. The van der Waals surface area contributed by atoms with Gasteiger partial charge in [0.05, 0.1) is 9.88 Å². The SMILES string of the molecule is Cc1cc(Nc2ccc(-c3cnc(C4CCCCC4)s3)c(SC(F)(F)F)c2)n[nH]1. The Bertz CT molecular complexity index is 974. The summed E-state index contributed by atoms with van der Waals surface area (Å²) in [6.07, 6.45) is 7.59. The summed E-state index contributed by atoms with van der Waals surface area (Å²) >= 11 is 1.42. The number of rotatable bonds is 5. The molecule has 1 saturated carbocycles. The smallest absolute Gasteiger partial charge is 0.339 e. The molecule has 1 aromatic carbocycles. The molecule has 154 valence electrons. The summed E-state index contributed by atoms with van der Waals surface area (Å²) in [5, 5.41) is 11.0. The lowest BCUT2D eigenvalue weighted by molar-refractivity contribution is -0.0327. The highest BCUT2D eigenvalue weighted by atomic mass is 32.2. The lowest BCUT2D eigenvalue weighted by Gasteiger charge is -2.18. The largest absolute Gasteiger partial charge is 0.446 e. The molecule has 2 N–H and O–H groups in total. The van der Waals surface area contributed by atoms with Gasteiger partial charge in [0.1, 0.15) is 0 Å². The van der Waals surface area contributed by atoms with E-state index in [4.69, 9.17) is 0 Å². The van der Waals surface area contributed by atoms with Gasteiger partial charge in [0.2, 0.25) is 0 Å². The Morgan fingerprint density at radius 2 is 1.97 bits per heavy atom. The van der Waals surface area contributed by atoms with Crippen molar-refractivity contribution >= 4 is 34.6 Å². The van der Waals surface area contributed by atoms with E-state index in [1.54, 1.807) is 24.4 Å². The first-order valence-electron chi connectivity index (χ1n) is 9.52. The van der Waals surface area contributed by atoms with Crippen molar-refractivity contribution in [2.75, 3.05) is 5.32 Å². The first-order chi connectivity index (χ1) is 13.9. The van der Waals surface area contributed by atoms with Crippen LogP contribution in [0, 0.1) is 6.92 Å². The van der Waals surface area contributed by atoms with Gasteiger partial charge in [0.25, 0.3) is 0 Å². The van der Waals surface area contributed by atoms with Gasteiger partial charge < -0.3 is 5.32 Å². The van der Waals surface area contributed by atoms with Crippen molar-refractivity contribution in [2.24, 2.45) is 0 Å². The number of hydrogen-bond donors (Lipinski definition) is 2. The van der Waals surface area contributed by atoms with Crippen LogP contribution in [0.2, 0.25) is 0 Å². The Balaban J connectivity index is 1.63. The Labute approximate surface area is 175 Å². The van der Waals surface area contributed by atoms with Crippen molar-refractivity contribution in [1.29, 1.82) is 0 Å². The van der Waals surface area contributed by atoms with Crippen LogP contribution in [-0.4, -0.2) is 20.7 Å². The highest BCUT2D eigenvalue weighted by Crippen LogP contribution is 2.45. The van der Waals surface area contributed by atoms with Crippen LogP contribution in [0.1, 0.15) is 48.7 Å². The van der Waals surface area contributed by atoms with Crippen molar-refractivity contribution in [3.8, 4) is 10.4 Å². The number of thioether (sulfide) groups is 1. The van der Waals surface area contributed by atoms with Crippen LogP contribution in [0.3, 0.4) is 0 Å². The third kappa shape index (κ3) is 5.14. The molecule has 0 amide bonds. The number of alkyl halides is 3. The predicted octanol–water partition coefficient (Wildman–Crippen LogP) is 7.24. The molecule has 0 atom stereocenters. The highest BCUT2D eigenvalue weighted by molar-refractivity contribution is 8.00. The lowest BCUT2D eigenvalue weighted by atomic mass is 9.90. The van der Waals surface area contributed by atoms with Gasteiger partial charge in [0, 0.05) is 40.0 Å². The number of halogens is 3. The third-order valence-corrected chi connectivity index (χ3v) is 6.91. The van der Waals surface area contributed by atoms with Gasteiger partial charge in [-0.1, -0.05) is 25.3 Å². The molecule has 3 aromatic rings. The molecule has 2 heterocycles. The van der Waals surface area contributed by atoms with Crippen LogP contribution < -0.4 is 5.32 Å². The van der Waals surface area contributed by atoms with Gasteiger partial charge in [-0.2, -0.15) is 18.3 Å². The zero-order valence-electron chi connectivity index (χ0n) is 15.8. The van der Waals surface area contributed by atoms with Crippen LogP contribution in [0.25, 0.3) is 10.4 Å². The minimum absolute atomic E-state index is 0.0924. The normalized spacial score (nSPS) is 15.6. The second-order valence-electron chi connectivity index (χ2n) is 7.22. The van der Waals surface area contributed by atoms with E-state index in [9.17, 15) is 13.2 Å². The summed E-state index contributed by atoms with van der Waals surface area (Å²) in [5.74, 6) is 1.00. The number of hydrogen-bond acceptors (Lipinski definition) is 5. The number of aromatic amines is 1. The maximum atomic E-state index is 13.2. The van der Waals surface area contributed by atoms with E-state index in [0.717, 1.165) is 28.4 Å². The van der Waals surface area contributed by atoms with Crippen LogP contribution in [0.15, 0.2) is 35.4 Å². The maximum Gasteiger partial charge on any atom is 0.446 e. The molecule has 1 aliphatic carbocycles. The van der Waals surface area contributed by atoms with Crippen molar-refractivity contribution in [1.82, 2.24) is 15.2 Å². The van der Waals surface area contributed by atoms with Gasteiger partial charge in [-0.15, -0.1) is 11.3 Å². The number of anilines is 2. The fraction of sp³-hybridized carbons (Fsp3) is 0.400. The number of H-pyrrole nitrogens is 1. The number of benzene rings is 1. The Kier molecular flexibility index (Phi) is 5.87. The van der Waals surface area contributed by atoms with E-state index >= 15 is 0 Å². The molecule has 1 fully saturated rings. The molecule has 4 rings (SSSR count). The summed E-state index contributed by atoms with van der Waals surface area (Å²) in [7, 11) is 0. The van der Waals surface area contributed by atoms with Crippen molar-refractivity contribution in [3.05, 3.63) is 41.2 Å². The molecule has 0 aliphatic heterocycles. The third-order valence-electron chi connectivity index (χ3n) is 4.93. The zero-order chi connectivity index (χ0) is 20.4. The van der Waals surface area contributed by atoms with Crippen molar-refractivity contribution in [3.63, 3.8) is 0 Å². The molecule has 0 bridgehead atoms. The molecule has 9 heteroatoms. The van der Waals surface area contributed by atoms with E-state index in [0.29, 0.717) is 23.0 Å². The minimum Gasteiger partial charge on any atom is -0.339 e. The molecular formula is C20H21F3N4S2. The average Bonchev–Trinajstić information content (AvgIpc) is 3.31.